The molecule has 0 atom stereocenters. The predicted molar refractivity (Wildman–Crippen MR) is 126 cm³/mol. The van der Waals surface area contributed by atoms with E-state index in [0.29, 0.717) is 6.54 Å². The largest absolute Gasteiger partial charge is 0.379 e. The van der Waals surface area contributed by atoms with Gasteiger partial charge in [0.15, 0.2) is 0 Å². The van der Waals surface area contributed by atoms with Crippen LogP contribution in [-0.4, -0.2) is 47.1 Å². The van der Waals surface area contributed by atoms with Crippen LogP contribution >= 0.6 is 0 Å². The second kappa shape index (κ2) is 7.89. The lowest BCUT2D eigenvalue weighted by Gasteiger charge is -2.26. The summed E-state index contributed by atoms with van der Waals surface area (Å²) >= 11 is 0. The van der Waals surface area contributed by atoms with Crippen molar-refractivity contribution in [1.29, 1.82) is 0 Å². The Balaban J connectivity index is 1.25. The number of carbonyl (C=O) groups excluding carboxylic acids is 1. The molecule has 0 spiro atoms. The minimum Gasteiger partial charge on any atom is -0.379 e. The number of morpholine rings is 1. The summed E-state index contributed by atoms with van der Waals surface area (Å²) < 4.78 is 5.43. The summed E-state index contributed by atoms with van der Waals surface area (Å²) in [6, 6.07) is 14.9. The standard InChI is InChI=1S/C26H24N4O2/c31-26-24-21-8-6-19-14-27-20(13-22(19)25(21)29-23(24)15-28-26)7-5-17-1-3-18(4-2-17)16-30-9-11-32-12-10-30/h1-8,13-14,27H,9-12,15-16H2,(H,28,31)/b7-5+. The zero-order valence-corrected chi connectivity index (χ0v) is 17.7. The molecule has 6 rings (SSSR count). The van der Waals surface area contributed by atoms with E-state index in [2.05, 4.69) is 57.7 Å². The molecule has 0 unspecified atom stereocenters. The molecule has 2 aliphatic rings. The highest BCUT2D eigenvalue weighted by molar-refractivity contribution is 6.16. The fourth-order valence-electron chi connectivity index (χ4n) is 4.60. The number of rotatable bonds is 4. The number of benzene rings is 2. The van der Waals surface area contributed by atoms with E-state index in [4.69, 9.17) is 9.72 Å². The van der Waals surface area contributed by atoms with E-state index >= 15 is 0 Å². The molecular weight excluding hydrogens is 400 g/mol. The van der Waals surface area contributed by atoms with Crippen molar-refractivity contribution >= 4 is 39.7 Å². The summed E-state index contributed by atoms with van der Waals surface area (Å²) in [5, 5.41) is 5.93. The summed E-state index contributed by atoms with van der Waals surface area (Å²) in [4.78, 5) is 22.7. The molecule has 6 nitrogen and oxygen atoms in total. The number of nitrogens with zero attached hydrogens (tertiary/aromatic N) is 2. The number of carbonyl (C=O) groups is 1. The third kappa shape index (κ3) is 3.47. The molecule has 0 bridgehead atoms. The molecule has 1 fully saturated rings. The second-order valence-corrected chi connectivity index (χ2v) is 8.43. The number of hydrogen-bond donors (Lipinski definition) is 2. The maximum absolute atomic E-state index is 12.2. The van der Waals surface area contributed by atoms with Gasteiger partial charge in [0.25, 0.3) is 5.91 Å². The number of hydrogen-bond acceptors (Lipinski definition) is 4. The average Bonchev–Trinajstić information content (AvgIpc) is 3.39. The van der Waals surface area contributed by atoms with Gasteiger partial charge in [-0.15, -0.1) is 0 Å². The van der Waals surface area contributed by atoms with Gasteiger partial charge in [0, 0.05) is 42.3 Å². The molecule has 0 saturated carbocycles. The summed E-state index contributed by atoms with van der Waals surface area (Å²) in [5.74, 6) is -0.0264. The monoisotopic (exact) mass is 424 g/mol. The number of amides is 1. The highest BCUT2D eigenvalue weighted by Crippen LogP contribution is 2.31. The Hall–Kier alpha value is -3.48. The second-order valence-electron chi connectivity index (χ2n) is 8.43. The lowest BCUT2D eigenvalue weighted by Crippen LogP contribution is -2.35. The van der Waals surface area contributed by atoms with E-state index in [9.17, 15) is 4.79 Å². The number of aromatic nitrogens is 2. The van der Waals surface area contributed by atoms with Crippen LogP contribution in [0, 0.1) is 0 Å². The number of ether oxygens (including phenoxy) is 1. The highest BCUT2D eigenvalue weighted by Gasteiger charge is 2.25. The van der Waals surface area contributed by atoms with Gasteiger partial charge in [-0.1, -0.05) is 42.5 Å². The Morgan fingerprint density at radius 1 is 1.03 bits per heavy atom. The predicted octanol–water partition coefficient (Wildman–Crippen LogP) is 3.96. The van der Waals surface area contributed by atoms with Crippen LogP contribution in [-0.2, 0) is 17.8 Å². The minimum absolute atomic E-state index is 0.0264. The van der Waals surface area contributed by atoms with Gasteiger partial charge in [-0.3, -0.25) is 9.69 Å². The number of H-pyrrole nitrogens is 1. The van der Waals surface area contributed by atoms with Gasteiger partial charge in [-0.25, -0.2) is 4.98 Å². The third-order valence-electron chi connectivity index (χ3n) is 6.34. The van der Waals surface area contributed by atoms with Crippen LogP contribution in [0.15, 0.2) is 48.7 Å². The maximum atomic E-state index is 12.2. The van der Waals surface area contributed by atoms with Gasteiger partial charge >= 0.3 is 0 Å². The van der Waals surface area contributed by atoms with Gasteiger partial charge in [-0.05, 0) is 28.7 Å². The van der Waals surface area contributed by atoms with Crippen LogP contribution in [0.1, 0.15) is 32.9 Å². The lowest BCUT2D eigenvalue weighted by atomic mass is 10.1. The van der Waals surface area contributed by atoms with E-state index in [0.717, 1.165) is 77.0 Å². The number of nitrogens with one attached hydrogen (secondary N) is 2. The van der Waals surface area contributed by atoms with Crippen molar-refractivity contribution in [3.05, 3.63) is 76.7 Å². The Morgan fingerprint density at radius 3 is 2.72 bits per heavy atom. The summed E-state index contributed by atoms with van der Waals surface area (Å²) in [6.07, 6.45) is 6.19. The van der Waals surface area contributed by atoms with E-state index < -0.39 is 0 Å². The summed E-state index contributed by atoms with van der Waals surface area (Å²) in [7, 11) is 0. The normalized spacial score (nSPS) is 16.8. The summed E-state index contributed by atoms with van der Waals surface area (Å²) in [6.45, 7) is 5.13. The quantitative estimate of drug-likeness (QED) is 0.520. The lowest BCUT2D eigenvalue weighted by molar-refractivity contribution is 0.0342. The molecule has 160 valence electrons. The number of fused-ring (bicyclic) bond motifs is 5. The van der Waals surface area contributed by atoms with Gasteiger partial charge in [0.05, 0.1) is 36.5 Å². The maximum Gasteiger partial charge on any atom is 0.254 e. The van der Waals surface area contributed by atoms with Gasteiger partial charge in [0.1, 0.15) is 0 Å². The SMILES string of the molecule is O=C1NCc2nc3c(ccc4c[nH]c(/C=C/c5ccc(CN6CCOCC6)cc5)cc43)c21. The van der Waals surface area contributed by atoms with Crippen molar-refractivity contribution < 1.29 is 9.53 Å². The van der Waals surface area contributed by atoms with Gasteiger partial charge < -0.3 is 15.0 Å². The van der Waals surface area contributed by atoms with Gasteiger partial charge in [-0.2, -0.15) is 0 Å². The van der Waals surface area contributed by atoms with Crippen molar-refractivity contribution in [3.8, 4) is 0 Å². The van der Waals surface area contributed by atoms with Crippen molar-refractivity contribution in [3.63, 3.8) is 0 Å². The van der Waals surface area contributed by atoms with Crippen LogP contribution < -0.4 is 5.32 Å². The molecule has 32 heavy (non-hydrogen) atoms. The molecule has 2 N–H and O–H groups in total. The van der Waals surface area contributed by atoms with Gasteiger partial charge in [0.2, 0.25) is 0 Å². The molecule has 1 amide bonds. The zero-order valence-electron chi connectivity index (χ0n) is 17.7. The van der Waals surface area contributed by atoms with Crippen molar-refractivity contribution in [2.75, 3.05) is 26.3 Å². The van der Waals surface area contributed by atoms with Crippen LogP contribution in [0.3, 0.4) is 0 Å². The third-order valence-corrected chi connectivity index (χ3v) is 6.34. The first-order chi connectivity index (χ1) is 15.7. The zero-order chi connectivity index (χ0) is 21.5. The van der Waals surface area contributed by atoms with Crippen molar-refractivity contribution in [2.24, 2.45) is 0 Å². The van der Waals surface area contributed by atoms with E-state index in [1.807, 2.05) is 18.3 Å². The molecule has 4 heterocycles. The Morgan fingerprint density at radius 2 is 1.88 bits per heavy atom. The molecular formula is C26H24N4O2. The smallest absolute Gasteiger partial charge is 0.254 e. The Labute approximate surface area is 185 Å². The molecule has 4 aromatic rings. The topological polar surface area (TPSA) is 70.2 Å². The number of aromatic amines is 1. The summed E-state index contributed by atoms with van der Waals surface area (Å²) in [5.41, 5.74) is 5.95. The Kier molecular flexibility index (Phi) is 4.74. The van der Waals surface area contributed by atoms with E-state index in [1.165, 1.54) is 5.56 Å². The molecule has 2 aromatic heterocycles. The molecule has 2 aliphatic heterocycles. The molecule has 1 saturated heterocycles. The van der Waals surface area contributed by atoms with E-state index in [-0.39, 0.29) is 5.91 Å². The van der Waals surface area contributed by atoms with Crippen molar-refractivity contribution in [1.82, 2.24) is 20.2 Å². The molecule has 6 heteroatoms. The van der Waals surface area contributed by atoms with E-state index in [1.54, 1.807) is 0 Å². The van der Waals surface area contributed by atoms with Crippen molar-refractivity contribution in [2.45, 2.75) is 13.1 Å². The minimum atomic E-state index is -0.0264. The average molecular weight is 425 g/mol. The first kappa shape index (κ1) is 19.2. The first-order valence-corrected chi connectivity index (χ1v) is 11.0. The first-order valence-electron chi connectivity index (χ1n) is 11.0. The van der Waals surface area contributed by atoms with Crippen LogP contribution in [0.4, 0.5) is 0 Å². The van der Waals surface area contributed by atoms with Crippen LogP contribution in [0.2, 0.25) is 0 Å². The highest BCUT2D eigenvalue weighted by atomic mass is 16.5. The molecule has 2 aromatic carbocycles. The Bertz CT molecular complexity index is 1350. The van der Waals surface area contributed by atoms with Crippen LogP contribution in [0.25, 0.3) is 33.8 Å². The fraction of sp³-hybridized carbons (Fsp3) is 0.231. The molecule has 0 aliphatic carbocycles. The fourth-order valence-corrected chi connectivity index (χ4v) is 4.60. The number of pyridine rings is 1. The molecule has 0 radical (unpaired) electrons. The van der Waals surface area contributed by atoms with Crippen LogP contribution in [0.5, 0.6) is 0 Å².